The summed E-state index contributed by atoms with van der Waals surface area (Å²) in [7, 11) is 1.80. The van der Waals surface area contributed by atoms with Gasteiger partial charge in [0.2, 0.25) is 0 Å². The number of carbonyl (C=O) groups excluding carboxylic acids is 1. The SMILES string of the molecule is C=C(NC)c1ccc(C(=O)Nc2ccc3c(c2)CCC(CC(=O)O)O3)cc1. The van der Waals surface area contributed by atoms with Gasteiger partial charge in [-0.15, -0.1) is 0 Å². The second kappa shape index (κ2) is 7.95. The molecule has 1 aliphatic heterocycles. The van der Waals surface area contributed by atoms with Gasteiger partial charge < -0.3 is 20.5 Å². The van der Waals surface area contributed by atoms with Crippen LogP contribution in [-0.2, 0) is 11.2 Å². The van der Waals surface area contributed by atoms with E-state index >= 15 is 0 Å². The van der Waals surface area contributed by atoms with Crippen molar-refractivity contribution >= 4 is 23.3 Å². The fraction of sp³-hybridized carbons (Fsp3) is 0.238. The summed E-state index contributed by atoms with van der Waals surface area (Å²) in [4.78, 5) is 23.3. The zero-order valence-corrected chi connectivity index (χ0v) is 15.1. The lowest BCUT2D eigenvalue weighted by Crippen LogP contribution is -2.25. The first-order valence-electron chi connectivity index (χ1n) is 8.76. The number of aliphatic carboxylic acids is 1. The van der Waals surface area contributed by atoms with Crippen molar-refractivity contribution in [3.05, 3.63) is 65.7 Å². The van der Waals surface area contributed by atoms with Crippen LogP contribution in [0.4, 0.5) is 5.69 Å². The minimum Gasteiger partial charge on any atom is -0.490 e. The number of carboxylic acid groups (broad SMARTS) is 1. The zero-order valence-electron chi connectivity index (χ0n) is 15.1. The van der Waals surface area contributed by atoms with Crippen molar-refractivity contribution in [3.63, 3.8) is 0 Å². The first kappa shape index (κ1) is 18.5. The summed E-state index contributed by atoms with van der Waals surface area (Å²) in [6.45, 7) is 3.89. The van der Waals surface area contributed by atoms with Crippen LogP contribution < -0.4 is 15.4 Å². The van der Waals surface area contributed by atoms with Gasteiger partial charge in [0.05, 0.1) is 6.42 Å². The third kappa shape index (κ3) is 4.47. The molecule has 1 heterocycles. The molecule has 3 N–H and O–H groups in total. The fourth-order valence-electron chi connectivity index (χ4n) is 3.03. The maximum absolute atomic E-state index is 12.5. The lowest BCUT2D eigenvalue weighted by Gasteiger charge is -2.25. The second-order valence-electron chi connectivity index (χ2n) is 6.46. The van der Waals surface area contributed by atoms with Gasteiger partial charge in [-0.05, 0) is 54.3 Å². The summed E-state index contributed by atoms with van der Waals surface area (Å²) in [5, 5.41) is 14.8. The van der Waals surface area contributed by atoms with Crippen LogP contribution in [0.15, 0.2) is 49.0 Å². The molecule has 0 aromatic heterocycles. The molecule has 0 bridgehead atoms. The van der Waals surface area contributed by atoms with E-state index in [1.807, 2.05) is 18.2 Å². The quantitative estimate of drug-likeness (QED) is 0.730. The topological polar surface area (TPSA) is 87.7 Å². The van der Waals surface area contributed by atoms with Crippen LogP contribution in [0.5, 0.6) is 5.75 Å². The fourth-order valence-corrected chi connectivity index (χ4v) is 3.03. The highest BCUT2D eigenvalue weighted by Crippen LogP contribution is 2.31. The standard InChI is InChI=1S/C21H22N2O4/c1-13(22-2)14-3-5-15(6-4-14)21(26)23-17-8-10-19-16(11-17)7-9-18(27-19)12-20(24)25/h3-6,8,10-11,18,22H,1,7,9,12H2,2H3,(H,23,26)(H,24,25). The molecule has 0 saturated heterocycles. The van der Waals surface area contributed by atoms with E-state index in [-0.39, 0.29) is 18.4 Å². The van der Waals surface area contributed by atoms with Gasteiger partial charge in [-0.1, -0.05) is 18.7 Å². The van der Waals surface area contributed by atoms with Crippen molar-refractivity contribution in [2.24, 2.45) is 0 Å². The normalized spacial score (nSPS) is 15.2. The molecular formula is C21H22N2O4. The zero-order chi connectivity index (χ0) is 19.4. The molecule has 6 nitrogen and oxygen atoms in total. The van der Waals surface area contributed by atoms with E-state index in [1.165, 1.54) is 0 Å². The molecule has 0 spiro atoms. The molecule has 0 saturated carbocycles. The van der Waals surface area contributed by atoms with E-state index in [4.69, 9.17) is 9.84 Å². The van der Waals surface area contributed by atoms with Gasteiger partial charge in [0.25, 0.3) is 5.91 Å². The third-order valence-corrected chi connectivity index (χ3v) is 4.55. The number of rotatable bonds is 6. The molecule has 27 heavy (non-hydrogen) atoms. The highest BCUT2D eigenvalue weighted by atomic mass is 16.5. The Balaban J connectivity index is 1.67. The van der Waals surface area contributed by atoms with Gasteiger partial charge in [0, 0.05) is 24.0 Å². The van der Waals surface area contributed by atoms with Crippen LogP contribution in [-0.4, -0.2) is 30.1 Å². The summed E-state index contributed by atoms with van der Waals surface area (Å²) in [5.74, 6) is -0.380. The first-order chi connectivity index (χ1) is 13.0. The Bertz CT molecular complexity index is 874. The van der Waals surface area contributed by atoms with Gasteiger partial charge in [-0.2, -0.15) is 0 Å². The maximum Gasteiger partial charge on any atom is 0.307 e. The van der Waals surface area contributed by atoms with Crippen LogP contribution in [0.2, 0.25) is 0 Å². The molecule has 2 aromatic rings. The van der Waals surface area contributed by atoms with E-state index in [0.29, 0.717) is 23.4 Å². The summed E-state index contributed by atoms with van der Waals surface area (Å²) in [6, 6.07) is 12.6. The number of benzene rings is 2. The summed E-state index contributed by atoms with van der Waals surface area (Å²) >= 11 is 0. The predicted octanol–water partition coefficient (Wildman–Crippen LogP) is 3.30. The molecule has 1 atom stereocenters. The monoisotopic (exact) mass is 366 g/mol. The molecule has 1 amide bonds. The van der Waals surface area contributed by atoms with Crippen molar-refractivity contribution in [2.75, 3.05) is 12.4 Å². The average molecular weight is 366 g/mol. The largest absolute Gasteiger partial charge is 0.490 e. The number of anilines is 1. The molecular weight excluding hydrogens is 344 g/mol. The molecule has 6 heteroatoms. The molecule has 3 rings (SSSR count). The molecule has 2 aromatic carbocycles. The van der Waals surface area contributed by atoms with Crippen molar-refractivity contribution in [3.8, 4) is 5.75 Å². The van der Waals surface area contributed by atoms with Crippen molar-refractivity contribution in [1.82, 2.24) is 5.32 Å². The second-order valence-corrected chi connectivity index (χ2v) is 6.46. The smallest absolute Gasteiger partial charge is 0.307 e. The van der Waals surface area contributed by atoms with Crippen LogP contribution >= 0.6 is 0 Å². The number of carboxylic acids is 1. The van der Waals surface area contributed by atoms with Crippen LogP contribution in [0.3, 0.4) is 0 Å². The summed E-state index contributed by atoms with van der Waals surface area (Å²) < 4.78 is 5.73. The number of ether oxygens (including phenoxy) is 1. The predicted molar refractivity (Wildman–Crippen MR) is 104 cm³/mol. The molecule has 0 radical (unpaired) electrons. The lowest BCUT2D eigenvalue weighted by molar-refractivity contribution is -0.139. The number of hydrogen-bond acceptors (Lipinski definition) is 4. The molecule has 0 aliphatic carbocycles. The Morgan fingerprint density at radius 3 is 2.56 bits per heavy atom. The average Bonchev–Trinajstić information content (AvgIpc) is 2.67. The lowest BCUT2D eigenvalue weighted by atomic mass is 10.00. The Morgan fingerprint density at radius 1 is 1.19 bits per heavy atom. The number of aryl methyl sites for hydroxylation is 1. The summed E-state index contributed by atoms with van der Waals surface area (Å²) in [6.07, 6.45) is 1.06. The number of nitrogens with one attached hydrogen (secondary N) is 2. The first-order valence-corrected chi connectivity index (χ1v) is 8.76. The Labute approximate surface area is 157 Å². The van der Waals surface area contributed by atoms with Gasteiger partial charge in [-0.25, -0.2) is 0 Å². The van der Waals surface area contributed by atoms with Gasteiger partial charge >= 0.3 is 5.97 Å². The van der Waals surface area contributed by atoms with E-state index < -0.39 is 5.97 Å². The van der Waals surface area contributed by atoms with E-state index in [9.17, 15) is 9.59 Å². The molecule has 1 unspecified atom stereocenters. The van der Waals surface area contributed by atoms with Crippen molar-refractivity contribution in [2.45, 2.75) is 25.4 Å². The van der Waals surface area contributed by atoms with Crippen LogP contribution in [0, 0.1) is 0 Å². The number of carbonyl (C=O) groups is 2. The minimum atomic E-state index is -0.864. The third-order valence-electron chi connectivity index (χ3n) is 4.55. The van der Waals surface area contributed by atoms with Gasteiger partial charge in [-0.3, -0.25) is 9.59 Å². The van der Waals surface area contributed by atoms with E-state index in [0.717, 1.165) is 23.2 Å². The van der Waals surface area contributed by atoms with Crippen LogP contribution in [0.25, 0.3) is 5.70 Å². The van der Waals surface area contributed by atoms with E-state index in [1.54, 1.807) is 31.3 Å². The van der Waals surface area contributed by atoms with Gasteiger partial charge in [0.1, 0.15) is 11.9 Å². The van der Waals surface area contributed by atoms with Gasteiger partial charge in [0.15, 0.2) is 0 Å². The highest BCUT2D eigenvalue weighted by Gasteiger charge is 2.22. The number of hydrogen-bond donors (Lipinski definition) is 3. The van der Waals surface area contributed by atoms with E-state index in [2.05, 4.69) is 17.2 Å². The molecule has 1 aliphatic rings. The summed E-state index contributed by atoms with van der Waals surface area (Å²) in [5.41, 5.74) is 3.92. The van der Waals surface area contributed by atoms with Crippen LogP contribution in [0.1, 0.15) is 34.3 Å². The molecule has 140 valence electrons. The molecule has 0 fully saturated rings. The van der Waals surface area contributed by atoms with Crippen molar-refractivity contribution < 1.29 is 19.4 Å². The minimum absolute atomic E-state index is 0.00605. The maximum atomic E-state index is 12.5. The Kier molecular flexibility index (Phi) is 5.45. The number of amides is 1. The van der Waals surface area contributed by atoms with Crippen molar-refractivity contribution in [1.29, 1.82) is 0 Å². The number of fused-ring (bicyclic) bond motifs is 1. The Morgan fingerprint density at radius 2 is 1.89 bits per heavy atom. The highest BCUT2D eigenvalue weighted by molar-refractivity contribution is 6.04. The Hall–Kier alpha value is -3.28.